The van der Waals surface area contributed by atoms with E-state index in [0.717, 1.165) is 0 Å². The van der Waals surface area contributed by atoms with Gasteiger partial charge in [-0.2, -0.15) is 0 Å². The molecule has 0 bridgehead atoms. The van der Waals surface area contributed by atoms with Crippen LogP contribution in [0.3, 0.4) is 0 Å². The molecule has 4 nitrogen and oxygen atoms in total. The summed E-state index contributed by atoms with van der Waals surface area (Å²) in [4.78, 5) is 0. The molecule has 0 amide bonds. The molecule has 0 fully saturated rings. The van der Waals surface area contributed by atoms with Crippen molar-refractivity contribution >= 4 is 7.85 Å². The third kappa shape index (κ3) is 5.60. The summed E-state index contributed by atoms with van der Waals surface area (Å²) in [6.07, 6.45) is -0.348. The van der Waals surface area contributed by atoms with Crippen molar-refractivity contribution < 1.29 is 19.3 Å². The number of aliphatic hydroxyl groups is 1. The van der Waals surface area contributed by atoms with Crippen molar-refractivity contribution in [2.24, 2.45) is 0 Å². The van der Waals surface area contributed by atoms with E-state index in [4.69, 9.17) is 27.2 Å². The van der Waals surface area contributed by atoms with Gasteiger partial charge in [-0.05, 0) is 13.8 Å². The summed E-state index contributed by atoms with van der Waals surface area (Å²) in [7, 11) is 7.04. The Morgan fingerprint density at radius 1 is 1.43 bits per heavy atom. The van der Waals surface area contributed by atoms with Crippen LogP contribution in [0.25, 0.3) is 0 Å². The van der Waals surface area contributed by atoms with E-state index in [2.05, 4.69) is 0 Å². The zero-order chi connectivity index (χ0) is 11.0. The molecule has 0 aromatic rings. The van der Waals surface area contributed by atoms with Gasteiger partial charge in [0.1, 0.15) is 14.0 Å². The molecule has 0 aromatic carbocycles. The van der Waals surface area contributed by atoms with Crippen LogP contribution in [0, 0.1) is 0 Å². The number of hydrogen-bond donors (Lipinski definition) is 1. The van der Waals surface area contributed by atoms with E-state index in [9.17, 15) is 0 Å². The molecule has 0 saturated carbocycles. The molecule has 5 heteroatoms. The maximum atomic E-state index is 8.73. The molecular formula is C9H19BO4. The van der Waals surface area contributed by atoms with Crippen LogP contribution in [0.2, 0.25) is 0 Å². The summed E-state index contributed by atoms with van der Waals surface area (Å²) in [5.41, 5.74) is 0. The zero-order valence-electron chi connectivity index (χ0n) is 9.10. The molecule has 0 aliphatic rings. The quantitative estimate of drug-likeness (QED) is 0.559. The van der Waals surface area contributed by atoms with Gasteiger partial charge in [-0.15, -0.1) is 0 Å². The first-order chi connectivity index (χ1) is 6.65. The molecule has 0 heterocycles. The molecule has 14 heavy (non-hydrogen) atoms. The lowest BCUT2D eigenvalue weighted by Gasteiger charge is -2.26. The fourth-order valence-corrected chi connectivity index (χ4v) is 1.09. The second-order valence-corrected chi connectivity index (χ2v) is 3.01. The predicted molar refractivity (Wildman–Crippen MR) is 54.5 cm³/mol. The minimum atomic E-state index is -0.682. The zero-order valence-corrected chi connectivity index (χ0v) is 9.10. The molecular weight excluding hydrogens is 183 g/mol. The topological polar surface area (TPSA) is 47.9 Å². The SMILES string of the molecule is [B][C@@H](CO)O[C@@H](COC)C(C)OCC. The van der Waals surface area contributed by atoms with Gasteiger partial charge in [-0.3, -0.25) is 0 Å². The third-order valence-electron chi connectivity index (χ3n) is 1.81. The second-order valence-electron chi connectivity index (χ2n) is 3.01. The normalized spacial score (nSPS) is 17.7. The lowest BCUT2D eigenvalue weighted by molar-refractivity contribution is -0.106. The summed E-state index contributed by atoms with van der Waals surface area (Å²) in [6.45, 7) is 4.59. The van der Waals surface area contributed by atoms with Crippen LogP contribution in [0.15, 0.2) is 0 Å². The van der Waals surface area contributed by atoms with Crippen LogP contribution in [-0.2, 0) is 14.2 Å². The highest BCUT2D eigenvalue weighted by Gasteiger charge is 2.20. The minimum absolute atomic E-state index is 0.0995. The van der Waals surface area contributed by atoms with E-state index >= 15 is 0 Å². The van der Waals surface area contributed by atoms with Gasteiger partial charge < -0.3 is 19.3 Å². The van der Waals surface area contributed by atoms with Crippen molar-refractivity contribution in [2.45, 2.75) is 32.1 Å². The van der Waals surface area contributed by atoms with Crippen LogP contribution in [0.1, 0.15) is 13.8 Å². The Balaban J connectivity index is 3.98. The molecule has 0 spiro atoms. The fraction of sp³-hybridized carbons (Fsp3) is 1.00. The van der Waals surface area contributed by atoms with Gasteiger partial charge in [0.2, 0.25) is 0 Å². The molecule has 1 N–H and O–H groups in total. The number of methoxy groups -OCH3 is 1. The lowest BCUT2D eigenvalue weighted by atomic mass is 10.0. The standard InChI is InChI=1S/C9H19BO4/c1-4-13-7(2)8(6-12-3)14-9(10)5-11/h7-9,11H,4-6H2,1-3H3/t7?,8-,9+/m0/s1. The first-order valence-electron chi connectivity index (χ1n) is 4.78. The van der Waals surface area contributed by atoms with Gasteiger partial charge in [0.25, 0.3) is 0 Å². The Morgan fingerprint density at radius 3 is 2.50 bits per heavy atom. The van der Waals surface area contributed by atoms with Crippen molar-refractivity contribution in [2.75, 3.05) is 26.9 Å². The van der Waals surface area contributed by atoms with Gasteiger partial charge in [-0.25, -0.2) is 0 Å². The lowest BCUT2D eigenvalue weighted by Crippen LogP contribution is -2.37. The Labute approximate surface area is 86.9 Å². The van der Waals surface area contributed by atoms with Crippen molar-refractivity contribution in [1.82, 2.24) is 0 Å². The van der Waals surface area contributed by atoms with Gasteiger partial charge in [0.05, 0.1) is 19.3 Å². The van der Waals surface area contributed by atoms with Gasteiger partial charge in [0.15, 0.2) is 0 Å². The second kappa shape index (κ2) is 8.23. The summed E-state index contributed by atoms with van der Waals surface area (Å²) in [6, 6.07) is -0.682. The van der Waals surface area contributed by atoms with E-state index in [1.807, 2.05) is 13.8 Å². The molecule has 2 radical (unpaired) electrons. The number of aliphatic hydroxyl groups excluding tert-OH is 1. The highest BCUT2D eigenvalue weighted by molar-refractivity contribution is 6.11. The average molecular weight is 202 g/mol. The van der Waals surface area contributed by atoms with Crippen molar-refractivity contribution in [3.63, 3.8) is 0 Å². The summed E-state index contributed by atoms with van der Waals surface area (Å²) < 4.78 is 15.7. The first-order valence-corrected chi connectivity index (χ1v) is 4.78. The first kappa shape index (κ1) is 13.9. The molecule has 0 rings (SSSR count). The highest BCUT2D eigenvalue weighted by Crippen LogP contribution is 2.06. The van der Waals surface area contributed by atoms with Gasteiger partial charge >= 0.3 is 0 Å². The van der Waals surface area contributed by atoms with Gasteiger partial charge in [0, 0.05) is 19.7 Å². The molecule has 3 atom stereocenters. The predicted octanol–water partition coefficient (Wildman–Crippen LogP) is -0.0701. The molecule has 0 aliphatic carbocycles. The number of rotatable bonds is 8. The maximum Gasteiger partial charge on any atom is 0.112 e. The van der Waals surface area contributed by atoms with Crippen LogP contribution in [-0.4, -0.2) is 58.1 Å². The molecule has 0 aromatic heterocycles. The van der Waals surface area contributed by atoms with E-state index < -0.39 is 6.00 Å². The molecule has 1 unspecified atom stereocenters. The van der Waals surface area contributed by atoms with Crippen LogP contribution in [0.4, 0.5) is 0 Å². The van der Waals surface area contributed by atoms with Crippen molar-refractivity contribution in [1.29, 1.82) is 0 Å². The molecule has 82 valence electrons. The number of hydrogen-bond acceptors (Lipinski definition) is 4. The number of ether oxygens (including phenoxy) is 3. The third-order valence-corrected chi connectivity index (χ3v) is 1.81. The minimum Gasteiger partial charge on any atom is -0.395 e. The van der Waals surface area contributed by atoms with E-state index in [1.165, 1.54) is 0 Å². The highest BCUT2D eigenvalue weighted by atomic mass is 16.6. The van der Waals surface area contributed by atoms with Gasteiger partial charge in [-0.1, -0.05) is 0 Å². The van der Waals surface area contributed by atoms with Crippen LogP contribution in [0.5, 0.6) is 0 Å². The monoisotopic (exact) mass is 202 g/mol. The summed E-state index contributed by atoms with van der Waals surface area (Å²) in [5, 5.41) is 8.73. The Hall–Kier alpha value is -0.0951. The largest absolute Gasteiger partial charge is 0.395 e. The summed E-state index contributed by atoms with van der Waals surface area (Å²) >= 11 is 0. The summed E-state index contributed by atoms with van der Waals surface area (Å²) in [5.74, 6) is 0. The fourth-order valence-electron chi connectivity index (χ4n) is 1.09. The maximum absolute atomic E-state index is 8.73. The molecule has 0 saturated heterocycles. The smallest absolute Gasteiger partial charge is 0.112 e. The van der Waals surface area contributed by atoms with E-state index in [1.54, 1.807) is 7.11 Å². The Bertz CT molecular complexity index is 134. The van der Waals surface area contributed by atoms with Crippen LogP contribution < -0.4 is 0 Å². The Kier molecular flexibility index (Phi) is 8.18. The molecule has 0 aliphatic heterocycles. The van der Waals surface area contributed by atoms with E-state index in [-0.39, 0.29) is 18.8 Å². The van der Waals surface area contributed by atoms with Crippen molar-refractivity contribution in [3.05, 3.63) is 0 Å². The van der Waals surface area contributed by atoms with E-state index in [0.29, 0.717) is 13.2 Å². The Morgan fingerprint density at radius 2 is 2.07 bits per heavy atom. The average Bonchev–Trinajstić information content (AvgIpc) is 2.17. The van der Waals surface area contributed by atoms with Crippen molar-refractivity contribution in [3.8, 4) is 0 Å². The van der Waals surface area contributed by atoms with Crippen LogP contribution >= 0.6 is 0 Å².